The SMILES string of the molecule is CC1CN(C)c2ccccc2N(C(=O)C(C#N)Cc2ccc(C#N)cc2)C1. The van der Waals surface area contributed by atoms with E-state index in [4.69, 9.17) is 5.26 Å². The molecular formula is C22H22N4O. The van der Waals surface area contributed by atoms with Crippen molar-refractivity contribution in [2.45, 2.75) is 13.3 Å². The van der Waals surface area contributed by atoms with Gasteiger partial charge in [-0.25, -0.2) is 0 Å². The Kier molecular flexibility index (Phi) is 5.43. The summed E-state index contributed by atoms with van der Waals surface area (Å²) in [4.78, 5) is 17.2. The Morgan fingerprint density at radius 1 is 1.11 bits per heavy atom. The monoisotopic (exact) mass is 358 g/mol. The first kappa shape index (κ1) is 18.5. The molecule has 2 aromatic rings. The smallest absolute Gasteiger partial charge is 0.244 e. The van der Waals surface area contributed by atoms with Crippen LogP contribution in [0.2, 0.25) is 0 Å². The van der Waals surface area contributed by atoms with Gasteiger partial charge >= 0.3 is 0 Å². The topological polar surface area (TPSA) is 71.1 Å². The van der Waals surface area contributed by atoms with E-state index in [0.29, 0.717) is 24.4 Å². The van der Waals surface area contributed by atoms with E-state index in [1.54, 1.807) is 17.0 Å². The minimum Gasteiger partial charge on any atom is -0.373 e. The maximum atomic E-state index is 13.3. The van der Waals surface area contributed by atoms with Crippen LogP contribution in [-0.2, 0) is 11.2 Å². The highest BCUT2D eigenvalue weighted by molar-refractivity contribution is 5.99. The third kappa shape index (κ3) is 3.93. The van der Waals surface area contributed by atoms with E-state index in [9.17, 15) is 10.1 Å². The molecule has 0 bridgehead atoms. The van der Waals surface area contributed by atoms with Crippen molar-refractivity contribution in [1.82, 2.24) is 0 Å². The lowest BCUT2D eigenvalue weighted by atomic mass is 9.97. The van der Waals surface area contributed by atoms with Gasteiger partial charge in [0.1, 0.15) is 5.92 Å². The number of nitrogens with zero attached hydrogens (tertiary/aromatic N) is 4. The Morgan fingerprint density at radius 2 is 1.78 bits per heavy atom. The fourth-order valence-electron chi connectivity index (χ4n) is 3.58. The Bertz CT molecular complexity index is 907. The number of nitriles is 2. The first-order valence-electron chi connectivity index (χ1n) is 9.03. The van der Waals surface area contributed by atoms with E-state index >= 15 is 0 Å². The average Bonchev–Trinajstić information content (AvgIpc) is 2.82. The van der Waals surface area contributed by atoms with Crippen molar-refractivity contribution in [2.24, 2.45) is 11.8 Å². The summed E-state index contributed by atoms with van der Waals surface area (Å²) in [6.07, 6.45) is 0.337. The van der Waals surface area contributed by atoms with Gasteiger partial charge in [0.2, 0.25) is 5.91 Å². The van der Waals surface area contributed by atoms with E-state index < -0.39 is 5.92 Å². The third-order valence-corrected chi connectivity index (χ3v) is 4.91. The second-order valence-corrected chi connectivity index (χ2v) is 7.12. The number of hydrogen-bond acceptors (Lipinski definition) is 4. The van der Waals surface area contributed by atoms with Crippen LogP contribution in [0.1, 0.15) is 18.1 Å². The largest absolute Gasteiger partial charge is 0.373 e. The van der Waals surface area contributed by atoms with Crippen molar-refractivity contribution >= 4 is 17.3 Å². The molecule has 1 heterocycles. The number of fused-ring (bicyclic) bond motifs is 1. The van der Waals surface area contributed by atoms with Gasteiger partial charge in [0.25, 0.3) is 0 Å². The summed E-state index contributed by atoms with van der Waals surface area (Å²) in [6.45, 7) is 3.56. The fraction of sp³-hybridized carbons (Fsp3) is 0.318. The number of anilines is 2. The van der Waals surface area contributed by atoms with Crippen molar-refractivity contribution in [1.29, 1.82) is 10.5 Å². The summed E-state index contributed by atoms with van der Waals surface area (Å²) in [5, 5.41) is 18.6. The van der Waals surface area contributed by atoms with Crippen LogP contribution >= 0.6 is 0 Å². The molecule has 5 heteroatoms. The van der Waals surface area contributed by atoms with E-state index in [1.165, 1.54) is 0 Å². The molecule has 0 aliphatic carbocycles. The Labute approximate surface area is 160 Å². The predicted octanol–water partition coefficient (Wildman–Crippen LogP) is 3.36. The van der Waals surface area contributed by atoms with Gasteiger partial charge < -0.3 is 9.80 Å². The highest BCUT2D eigenvalue weighted by atomic mass is 16.2. The lowest BCUT2D eigenvalue weighted by molar-refractivity contribution is -0.120. The lowest BCUT2D eigenvalue weighted by Crippen LogP contribution is -2.39. The van der Waals surface area contributed by atoms with Crippen molar-refractivity contribution in [2.75, 3.05) is 29.9 Å². The second kappa shape index (κ2) is 7.93. The van der Waals surface area contributed by atoms with Crippen molar-refractivity contribution in [3.8, 4) is 12.1 Å². The fourth-order valence-corrected chi connectivity index (χ4v) is 3.58. The molecular weight excluding hydrogens is 336 g/mol. The second-order valence-electron chi connectivity index (χ2n) is 7.12. The predicted molar refractivity (Wildman–Crippen MR) is 105 cm³/mol. The maximum Gasteiger partial charge on any atom is 0.244 e. The summed E-state index contributed by atoms with van der Waals surface area (Å²) in [5.74, 6) is -0.640. The van der Waals surface area contributed by atoms with Crippen LogP contribution in [0.15, 0.2) is 48.5 Å². The number of amides is 1. The molecule has 0 spiro atoms. The van der Waals surface area contributed by atoms with E-state index in [-0.39, 0.29) is 5.91 Å². The molecule has 5 nitrogen and oxygen atoms in total. The molecule has 136 valence electrons. The Hall–Kier alpha value is -3.31. The summed E-state index contributed by atoms with van der Waals surface area (Å²) in [6, 6.07) is 19.1. The quantitative estimate of drug-likeness (QED) is 0.843. The molecule has 0 aromatic heterocycles. The van der Waals surface area contributed by atoms with E-state index in [2.05, 4.69) is 24.0 Å². The first-order valence-corrected chi connectivity index (χ1v) is 9.03. The summed E-state index contributed by atoms with van der Waals surface area (Å²) < 4.78 is 0. The van der Waals surface area contributed by atoms with Crippen LogP contribution in [0.3, 0.4) is 0 Å². The van der Waals surface area contributed by atoms with E-state index in [0.717, 1.165) is 23.5 Å². The van der Waals surface area contributed by atoms with Gasteiger partial charge in [-0.15, -0.1) is 0 Å². The first-order chi connectivity index (χ1) is 13.0. The van der Waals surface area contributed by atoms with Gasteiger partial charge in [0, 0.05) is 20.1 Å². The molecule has 1 amide bonds. The molecule has 1 aliphatic heterocycles. The normalized spacial score (nSPS) is 17.3. The molecule has 27 heavy (non-hydrogen) atoms. The summed E-state index contributed by atoms with van der Waals surface area (Å²) in [5.41, 5.74) is 3.30. The van der Waals surface area contributed by atoms with Crippen LogP contribution < -0.4 is 9.80 Å². The van der Waals surface area contributed by atoms with Gasteiger partial charge in [-0.2, -0.15) is 10.5 Å². The standard InChI is InChI=1S/C22H22N4O/c1-16-14-25(2)20-5-3-4-6-21(20)26(15-16)22(27)19(13-24)11-17-7-9-18(12-23)10-8-17/h3-10,16,19H,11,14-15H2,1-2H3. The van der Waals surface area contributed by atoms with Crippen molar-refractivity contribution in [3.63, 3.8) is 0 Å². The van der Waals surface area contributed by atoms with Crippen molar-refractivity contribution in [3.05, 3.63) is 59.7 Å². The van der Waals surface area contributed by atoms with Gasteiger partial charge in [0.15, 0.2) is 0 Å². The summed E-state index contributed by atoms with van der Waals surface area (Å²) >= 11 is 0. The zero-order valence-corrected chi connectivity index (χ0v) is 15.6. The number of benzene rings is 2. The minimum atomic E-state index is -0.762. The molecule has 2 aromatic carbocycles. The lowest BCUT2D eigenvalue weighted by Gasteiger charge is -2.26. The zero-order valence-electron chi connectivity index (χ0n) is 15.6. The number of carbonyl (C=O) groups excluding carboxylic acids is 1. The third-order valence-electron chi connectivity index (χ3n) is 4.91. The van der Waals surface area contributed by atoms with Crippen LogP contribution in [0.5, 0.6) is 0 Å². The Morgan fingerprint density at radius 3 is 2.41 bits per heavy atom. The number of carbonyl (C=O) groups is 1. The van der Waals surface area contributed by atoms with Gasteiger partial charge in [0.05, 0.1) is 29.1 Å². The number of rotatable bonds is 3. The highest BCUT2D eigenvalue weighted by Crippen LogP contribution is 2.33. The van der Waals surface area contributed by atoms with E-state index in [1.807, 2.05) is 43.4 Å². The van der Waals surface area contributed by atoms with Gasteiger partial charge in [-0.05, 0) is 42.2 Å². The molecule has 1 aliphatic rings. The van der Waals surface area contributed by atoms with Crippen LogP contribution in [0.4, 0.5) is 11.4 Å². The number of para-hydroxylation sites is 2. The Balaban J connectivity index is 1.88. The highest BCUT2D eigenvalue weighted by Gasteiger charge is 2.31. The maximum absolute atomic E-state index is 13.3. The van der Waals surface area contributed by atoms with Gasteiger partial charge in [-0.3, -0.25) is 4.79 Å². The average molecular weight is 358 g/mol. The van der Waals surface area contributed by atoms with Crippen LogP contribution in [-0.4, -0.2) is 26.0 Å². The van der Waals surface area contributed by atoms with Crippen LogP contribution in [0, 0.1) is 34.5 Å². The van der Waals surface area contributed by atoms with Crippen LogP contribution in [0.25, 0.3) is 0 Å². The minimum absolute atomic E-state index is 0.170. The molecule has 0 N–H and O–H groups in total. The van der Waals surface area contributed by atoms with Gasteiger partial charge in [-0.1, -0.05) is 31.2 Å². The molecule has 0 saturated heterocycles. The molecule has 3 rings (SSSR count). The zero-order chi connectivity index (χ0) is 19.4. The summed E-state index contributed by atoms with van der Waals surface area (Å²) in [7, 11) is 2.03. The molecule has 0 saturated carbocycles. The number of hydrogen-bond donors (Lipinski definition) is 0. The molecule has 2 atom stereocenters. The molecule has 0 radical (unpaired) electrons. The van der Waals surface area contributed by atoms with Crippen molar-refractivity contribution < 1.29 is 4.79 Å². The molecule has 0 fully saturated rings. The molecule has 2 unspecified atom stereocenters.